The Morgan fingerprint density at radius 1 is 1.46 bits per heavy atom. The molecule has 0 saturated heterocycles. The van der Waals surface area contributed by atoms with Crippen LogP contribution in [-0.2, 0) is 0 Å². The summed E-state index contributed by atoms with van der Waals surface area (Å²) >= 11 is 1.83. The van der Waals surface area contributed by atoms with Gasteiger partial charge in [0.2, 0.25) is 0 Å². The van der Waals surface area contributed by atoms with Crippen LogP contribution in [0, 0.1) is 11.8 Å². The molecule has 0 heterocycles. The monoisotopic (exact) mass is 202 g/mol. The second-order valence-corrected chi connectivity index (χ2v) is 5.37. The maximum absolute atomic E-state index is 9.91. The molecule has 0 aromatic rings. The van der Waals surface area contributed by atoms with E-state index in [1.54, 1.807) is 0 Å². The molecular weight excluding hydrogens is 180 g/mol. The third-order valence-corrected chi connectivity index (χ3v) is 3.78. The lowest BCUT2D eigenvalue weighted by Crippen LogP contribution is -2.26. The molecule has 0 aromatic carbocycles. The van der Waals surface area contributed by atoms with E-state index in [4.69, 9.17) is 0 Å². The van der Waals surface area contributed by atoms with E-state index in [0.29, 0.717) is 5.92 Å². The van der Waals surface area contributed by atoms with Gasteiger partial charge >= 0.3 is 0 Å². The van der Waals surface area contributed by atoms with E-state index in [2.05, 4.69) is 13.2 Å². The highest BCUT2D eigenvalue weighted by molar-refractivity contribution is 7.98. The highest BCUT2D eigenvalue weighted by Gasteiger charge is 2.24. The summed E-state index contributed by atoms with van der Waals surface area (Å²) in [4.78, 5) is 0. The van der Waals surface area contributed by atoms with Gasteiger partial charge in [0.15, 0.2) is 0 Å². The van der Waals surface area contributed by atoms with Crippen LogP contribution in [0.2, 0.25) is 0 Å². The fourth-order valence-electron chi connectivity index (χ4n) is 2.30. The van der Waals surface area contributed by atoms with Crippen LogP contribution in [0.1, 0.15) is 39.0 Å². The standard InChI is InChI=1S/C11H22OS/c1-9-4-3-5-10(8-9)11(12)6-7-13-2/h9-12H,3-8H2,1-2H3. The van der Waals surface area contributed by atoms with E-state index in [1.165, 1.54) is 25.7 Å². The summed E-state index contributed by atoms with van der Waals surface area (Å²) in [6, 6.07) is 0. The summed E-state index contributed by atoms with van der Waals surface area (Å²) in [6.45, 7) is 2.31. The molecule has 1 aliphatic carbocycles. The second-order valence-electron chi connectivity index (χ2n) is 4.38. The minimum absolute atomic E-state index is 0.0322. The normalized spacial score (nSPS) is 31.6. The van der Waals surface area contributed by atoms with E-state index in [9.17, 15) is 5.11 Å². The maximum atomic E-state index is 9.91. The molecule has 1 nitrogen and oxygen atoms in total. The first-order chi connectivity index (χ1) is 6.24. The van der Waals surface area contributed by atoms with Gasteiger partial charge in [-0.1, -0.05) is 19.8 Å². The molecule has 2 heteroatoms. The molecule has 0 aliphatic heterocycles. The Balaban J connectivity index is 2.24. The van der Waals surface area contributed by atoms with Gasteiger partial charge in [0, 0.05) is 0 Å². The zero-order chi connectivity index (χ0) is 9.68. The second kappa shape index (κ2) is 5.92. The third kappa shape index (κ3) is 3.90. The molecule has 1 fully saturated rings. The van der Waals surface area contributed by atoms with E-state index in [1.807, 2.05) is 11.8 Å². The summed E-state index contributed by atoms with van der Waals surface area (Å²) in [5.74, 6) is 2.53. The van der Waals surface area contributed by atoms with Crippen molar-refractivity contribution in [2.45, 2.75) is 45.1 Å². The van der Waals surface area contributed by atoms with E-state index < -0.39 is 0 Å². The van der Waals surface area contributed by atoms with Crippen LogP contribution in [-0.4, -0.2) is 23.2 Å². The van der Waals surface area contributed by atoms with Crippen LogP contribution >= 0.6 is 11.8 Å². The summed E-state index contributed by atoms with van der Waals surface area (Å²) < 4.78 is 0. The predicted octanol–water partition coefficient (Wildman–Crippen LogP) is 2.93. The van der Waals surface area contributed by atoms with Crippen LogP contribution in [0.25, 0.3) is 0 Å². The molecule has 0 spiro atoms. The summed E-state index contributed by atoms with van der Waals surface area (Å²) in [5, 5.41) is 9.91. The van der Waals surface area contributed by atoms with Crippen LogP contribution in [0.5, 0.6) is 0 Å². The number of hydrogen-bond donors (Lipinski definition) is 1. The lowest BCUT2D eigenvalue weighted by atomic mass is 9.79. The summed E-state index contributed by atoms with van der Waals surface area (Å²) in [6.07, 6.45) is 8.24. The van der Waals surface area contributed by atoms with Gasteiger partial charge in [0.1, 0.15) is 0 Å². The van der Waals surface area contributed by atoms with Crippen molar-refractivity contribution in [1.82, 2.24) is 0 Å². The van der Waals surface area contributed by atoms with Gasteiger partial charge in [-0.3, -0.25) is 0 Å². The first kappa shape index (κ1) is 11.4. The maximum Gasteiger partial charge on any atom is 0.0576 e. The lowest BCUT2D eigenvalue weighted by molar-refractivity contribution is 0.0697. The predicted molar refractivity (Wildman–Crippen MR) is 60.1 cm³/mol. The number of aliphatic hydroxyl groups is 1. The Bertz CT molecular complexity index is 138. The zero-order valence-corrected chi connectivity index (χ0v) is 9.65. The molecule has 0 radical (unpaired) electrons. The van der Waals surface area contributed by atoms with Crippen molar-refractivity contribution < 1.29 is 5.11 Å². The first-order valence-electron chi connectivity index (χ1n) is 5.41. The number of hydrogen-bond acceptors (Lipinski definition) is 2. The van der Waals surface area contributed by atoms with Crippen LogP contribution in [0.4, 0.5) is 0 Å². The average Bonchev–Trinajstić information content (AvgIpc) is 2.14. The molecule has 78 valence electrons. The molecule has 1 aliphatic rings. The smallest absolute Gasteiger partial charge is 0.0576 e. The van der Waals surface area contributed by atoms with E-state index >= 15 is 0 Å². The Morgan fingerprint density at radius 2 is 2.23 bits per heavy atom. The van der Waals surface area contributed by atoms with Gasteiger partial charge in [-0.05, 0) is 43.1 Å². The van der Waals surface area contributed by atoms with Crippen molar-refractivity contribution in [3.8, 4) is 0 Å². The molecule has 13 heavy (non-hydrogen) atoms. The topological polar surface area (TPSA) is 20.2 Å². The molecule has 0 aromatic heterocycles. The van der Waals surface area contributed by atoms with Crippen molar-refractivity contribution >= 4 is 11.8 Å². The fraction of sp³-hybridized carbons (Fsp3) is 1.00. The van der Waals surface area contributed by atoms with Crippen molar-refractivity contribution in [1.29, 1.82) is 0 Å². The molecule has 0 amide bonds. The van der Waals surface area contributed by atoms with Crippen molar-refractivity contribution in [3.05, 3.63) is 0 Å². The highest BCUT2D eigenvalue weighted by Crippen LogP contribution is 2.31. The van der Waals surface area contributed by atoms with Gasteiger partial charge in [-0.15, -0.1) is 0 Å². The molecule has 1 saturated carbocycles. The quantitative estimate of drug-likeness (QED) is 0.756. The number of rotatable bonds is 4. The third-order valence-electron chi connectivity index (χ3n) is 3.14. The van der Waals surface area contributed by atoms with Crippen molar-refractivity contribution in [3.63, 3.8) is 0 Å². The Hall–Kier alpha value is 0.310. The minimum atomic E-state index is -0.0322. The number of aliphatic hydroxyl groups excluding tert-OH is 1. The van der Waals surface area contributed by atoms with Gasteiger partial charge in [-0.25, -0.2) is 0 Å². The van der Waals surface area contributed by atoms with Crippen LogP contribution in [0.15, 0.2) is 0 Å². The first-order valence-corrected chi connectivity index (χ1v) is 6.80. The Labute approximate surface area is 86.3 Å². The molecule has 1 N–H and O–H groups in total. The lowest BCUT2D eigenvalue weighted by Gasteiger charge is -2.30. The number of thioether (sulfide) groups is 1. The van der Waals surface area contributed by atoms with Gasteiger partial charge in [0.05, 0.1) is 6.10 Å². The minimum Gasteiger partial charge on any atom is -0.393 e. The molecule has 3 unspecified atom stereocenters. The van der Waals surface area contributed by atoms with Crippen LogP contribution < -0.4 is 0 Å². The van der Waals surface area contributed by atoms with Gasteiger partial charge in [-0.2, -0.15) is 11.8 Å². The average molecular weight is 202 g/mol. The molecule has 1 rings (SSSR count). The summed E-state index contributed by atoms with van der Waals surface area (Å²) in [7, 11) is 0. The van der Waals surface area contributed by atoms with Gasteiger partial charge in [0.25, 0.3) is 0 Å². The molecule has 0 bridgehead atoms. The SMILES string of the molecule is CSCCC(O)C1CCCC(C)C1. The Morgan fingerprint density at radius 3 is 2.85 bits per heavy atom. The van der Waals surface area contributed by atoms with E-state index in [0.717, 1.165) is 18.1 Å². The van der Waals surface area contributed by atoms with E-state index in [-0.39, 0.29) is 6.10 Å². The summed E-state index contributed by atoms with van der Waals surface area (Å²) in [5.41, 5.74) is 0. The Kier molecular flexibility index (Phi) is 5.18. The molecular formula is C11H22OS. The van der Waals surface area contributed by atoms with Gasteiger partial charge < -0.3 is 5.11 Å². The highest BCUT2D eigenvalue weighted by atomic mass is 32.2. The van der Waals surface area contributed by atoms with Crippen LogP contribution in [0.3, 0.4) is 0 Å². The largest absolute Gasteiger partial charge is 0.393 e. The zero-order valence-electron chi connectivity index (χ0n) is 8.83. The van der Waals surface area contributed by atoms with Crippen molar-refractivity contribution in [2.75, 3.05) is 12.0 Å². The van der Waals surface area contributed by atoms with Crippen molar-refractivity contribution in [2.24, 2.45) is 11.8 Å². The molecule has 3 atom stereocenters. The fourth-order valence-corrected chi connectivity index (χ4v) is 2.78.